The molecule has 0 spiro atoms. The quantitative estimate of drug-likeness (QED) is 0.901. The van der Waals surface area contributed by atoms with Crippen LogP contribution in [0.1, 0.15) is 19.8 Å². The predicted molar refractivity (Wildman–Crippen MR) is 77.9 cm³/mol. The first-order valence-corrected chi connectivity index (χ1v) is 7.47. The zero-order valence-corrected chi connectivity index (χ0v) is 12.6. The summed E-state index contributed by atoms with van der Waals surface area (Å²) in [7, 11) is 0. The number of hydrogen-bond donors (Lipinski definition) is 1. The summed E-state index contributed by atoms with van der Waals surface area (Å²) in [5.74, 6) is 0.572. The molecule has 1 aliphatic heterocycles. The highest BCUT2D eigenvalue weighted by Crippen LogP contribution is 2.22. The van der Waals surface area contributed by atoms with Crippen molar-refractivity contribution in [3.63, 3.8) is 0 Å². The van der Waals surface area contributed by atoms with E-state index in [4.69, 9.17) is 0 Å². The Bertz CT molecular complexity index is 536. The summed E-state index contributed by atoms with van der Waals surface area (Å²) in [4.78, 5) is 17.4. The molecule has 0 atom stereocenters. The highest BCUT2D eigenvalue weighted by Gasteiger charge is 2.32. The van der Waals surface area contributed by atoms with Gasteiger partial charge in [0.05, 0.1) is 6.54 Å². The lowest BCUT2D eigenvalue weighted by atomic mass is 9.97. The average Bonchev–Trinajstić information content (AvgIpc) is 2.46. The molecule has 2 heterocycles. The van der Waals surface area contributed by atoms with Crippen LogP contribution in [0, 0.1) is 5.92 Å². The van der Waals surface area contributed by atoms with Gasteiger partial charge in [0.1, 0.15) is 0 Å². The monoisotopic (exact) mass is 318 g/mol. The Kier molecular flexibility index (Phi) is 5.44. The van der Waals surface area contributed by atoms with Crippen molar-refractivity contribution in [2.75, 3.05) is 31.5 Å². The number of alkyl halides is 3. The van der Waals surface area contributed by atoms with Gasteiger partial charge in [0.15, 0.2) is 5.82 Å². The maximum Gasteiger partial charge on any atom is 0.401 e. The van der Waals surface area contributed by atoms with Gasteiger partial charge >= 0.3 is 6.18 Å². The summed E-state index contributed by atoms with van der Waals surface area (Å²) in [6.45, 7) is 3.05. The van der Waals surface area contributed by atoms with E-state index in [1.54, 1.807) is 17.0 Å². The van der Waals surface area contributed by atoms with Crippen molar-refractivity contribution in [3.8, 4) is 0 Å². The molecule has 1 aromatic heterocycles. The molecule has 0 aliphatic carbocycles. The summed E-state index contributed by atoms with van der Waals surface area (Å²) in [6.07, 6.45) is 0.447. The minimum atomic E-state index is -4.13. The van der Waals surface area contributed by atoms with Crippen molar-refractivity contribution in [1.82, 2.24) is 14.5 Å². The smallest absolute Gasteiger partial charge is 0.365 e. The molecule has 22 heavy (non-hydrogen) atoms. The van der Waals surface area contributed by atoms with Gasteiger partial charge in [0.2, 0.25) is 0 Å². The third-order valence-corrected chi connectivity index (χ3v) is 3.92. The first kappa shape index (κ1) is 16.8. The van der Waals surface area contributed by atoms with Gasteiger partial charge in [0.25, 0.3) is 5.56 Å². The molecule has 0 aromatic carbocycles. The second-order valence-corrected chi connectivity index (χ2v) is 5.58. The molecular formula is C14H21F3N4O. The number of nitrogens with zero attached hydrogens (tertiary/aromatic N) is 3. The van der Waals surface area contributed by atoms with Gasteiger partial charge < -0.3 is 9.88 Å². The number of piperidine rings is 1. The van der Waals surface area contributed by atoms with Gasteiger partial charge in [-0.25, -0.2) is 4.98 Å². The summed E-state index contributed by atoms with van der Waals surface area (Å²) in [6, 6.07) is 0. The summed E-state index contributed by atoms with van der Waals surface area (Å²) < 4.78 is 38.5. The van der Waals surface area contributed by atoms with E-state index in [0.29, 0.717) is 44.8 Å². The second-order valence-electron chi connectivity index (χ2n) is 5.58. The Hall–Kier alpha value is -1.57. The van der Waals surface area contributed by atoms with Crippen molar-refractivity contribution in [1.29, 1.82) is 0 Å². The van der Waals surface area contributed by atoms with Gasteiger partial charge in [-0.3, -0.25) is 9.69 Å². The molecule has 8 heteroatoms. The van der Waals surface area contributed by atoms with Gasteiger partial charge in [-0.1, -0.05) is 0 Å². The first-order chi connectivity index (χ1) is 10.4. The van der Waals surface area contributed by atoms with E-state index in [2.05, 4.69) is 10.3 Å². The van der Waals surface area contributed by atoms with Crippen LogP contribution in [0.25, 0.3) is 0 Å². The van der Waals surface area contributed by atoms with Crippen molar-refractivity contribution < 1.29 is 13.2 Å². The molecule has 0 unspecified atom stereocenters. The number of rotatable bonds is 5. The molecule has 5 nitrogen and oxygen atoms in total. The minimum Gasteiger partial charge on any atom is -0.365 e. The molecule has 0 radical (unpaired) electrons. The number of aromatic nitrogens is 2. The summed E-state index contributed by atoms with van der Waals surface area (Å²) in [5, 5.41) is 3.04. The van der Waals surface area contributed by atoms with Crippen LogP contribution in [0.5, 0.6) is 0 Å². The van der Waals surface area contributed by atoms with Crippen LogP contribution in [0.2, 0.25) is 0 Å². The number of nitrogens with one attached hydrogen (secondary N) is 1. The Labute approximate surface area is 127 Å². The van der Waals surface area contributed by atoms with Gasteiger partial charge in [-0.05, 0) is 38.8 Å². The first-order valence-electron chi connectivity index (χ1n) is 7.47. The minimum absolute atomic E-state index is 0.167. The Balaban J connectivity index is 1.81. The molecule has 1 aromatic rings. The van der Waals surface area contributed by atoms with Crippen LogP contribution in [0.15, 0.2) is 17.2 Å². The molecule has 0 amide bonds. The number of halogens is 3. The maximum absolute atomic E-state index is 12.3. The third kappa shape index (κ3) is 4.72. The van der Waals surface area contributed by atoms with Crippen molar-refractivity contribution >= 4 is 5.82 Å². The van der Waals surface area contributed by atoms with Gasteiger partial charge in [-0.2, -0.15) is 13.2 Å². The van der Waals surface area contributed by atoms with E-state index >= 15 is 0 Å². The lowest BCUT2D eigenvalue weighted by Crippen LogP contribution is -2.41. The maximum atomic E-state index is 12.3. The largest absolute Gasteiger partial charge is 0.401 e. The lowest BCUT2D eigenvalue weighted by Gasteiger charge is -2.32. The number of anilines is 1. The fraction of sp³-hybridized carbons (Fsp3) is 0.714. The molecular weight excluding hydrogens is 297 g/mol. The Morgan fingerprint density at radius 3 is 2.64 bits per heavy atom. The fourth-order valence-corrected chi connectivity index (χ4v) is 2.66. The fourth-order valence-electron chi connectivity index (χ4n) is 2.66. The standard InChI is InChI=1S/C14H21F3N4O/c1-2-21-8-5-18-12(13(21)22)19-9-11-3-6-20(7-4-11)10-14(15,16)17/h5,8,11H,2-4,6-7,9-10H2,1H3,(H,18,19). The van der Waals surface area contributed by atoms with Crippen LogP contribution >= 0.6 is 0 Å². The SMILES string of the molecule is CCn1ccnc(NCC2CCN(CC(F)(F)F)CC2)c1=O. The van der Waals surface area contributed by atoms with Crippen LogP contribution in [0.4, 0.5) is 19.0 Å². The van der Waals surface area contributed by atoms with Crippen LogP contribution < -0.4 is 10.9 Å². The third-order valence-electron chi connectivity index (χ3n) is 3.92. The molecule has 1 fully saturated rings. The lowest BCUT2D eigenvalue weighted by molar-refractivity contribution is -0.148. The second kappa shape index (κ2) is 7.13. The van der Waals surface area contributed by atoms with Gasteiger partial charge in [-0.15, -0.1) is 0 Å². The summed E-state index contributed by atoms with van der Waals surface area (Å²) in [5.41, 5.74) is -0.167. The Morgan fingerprint density at radius 2 is 2.05 bits per heavy atom. The van der Waals surface area contributed by atoms with Crippen molar-refractivity contribution in [2.24, 2.45) is 5.92 Å². The van der Waals surface area contributed by atoms with Crippen LogP contribution in [-0.4, -0.2) is 46.8 Å². The average molecular weight is 318 g/mol. The number of aryl methyl sites for hydroxylation is 1. The zero-order valence-electron chi connectivity index (χ0n) is 12.6. The van der Waals surface area contributed by atoms with Crippen LogP contribution in [0.3, 0.4) is 0 Å². The summed E-state index contributed by atoms with van der Waals surface area (Å²) >= 11 is 0. The molecule has 1 aliphatic rings. The molecule has 0 saturated carbocycles. The van der Waals surface area contributed by atoms with E-state index in [1.165, 1.54) is 4.90 Å². The molecule has 0 bridgehead atoms. The molecule has 2 rings (SSSR count). The molecule has 1 saturated heterocycles. The highest BCUT2D eigenvalue weighted by molar-refractivity contribution is 5.30. The highest BCUT2D eigenvalue weighted by atomic mass is 19.4. The van der Waals surface area contributed by atoms with Crippen molar-refractivity contribution in [3.05, 3.63) is 22.7 Å². The van der Waals surface area contributed by atoms with Crippen LogP contribution in [-0.2, 0) is 6.54 Å². The molecule has 1 N–H and O–H groups in total. The van der Waals surface area contributed by atoms with Gasteiger partial charge in [0, 0.05) is 25.5 Å². The molecule has 124 valence electrons. The van der Waals surface area contributed by atoms with Crippen molar-refractivity contribution in [2.45, 2.75) is 32.5 Å². The Morgan fingerprint density at radius 1 is 1.36 bits per heavy atom. The number of hydrogen-bond acceptors (Lipinski definition) is 4. The van der Waals surface area contributed by atoms with E-state index < -0.39 is 12.7 Å². The van der Waals surface area contributed by atoms with E-state index in [0.717, 1.165) is 0 Å². The van der Waals surface area contributed by atoms with E-state index in [-0.39, 0.29) is 11.5 Å². The van der Waals surface area contributed by atoms with E-state index in [1.807, 2.05) is 6.92 Å². The number of likely N-dealkylation sites (tertiary alicyclic amines) is 1. The predicted octanol–water partition coefficient (Wildman–Crippen LogP) is 1.95. The van der Waals surface area contributed by atoms with E-state index in [9.17, 15) is 18.0 Å². The normalized spacial score (nSPS) is 17.6. The zero-order chi connectivity index (χ0) is 16.2. The topological polar surface area (TPSA) is 50.2 Å².